The number of rotatable bonds is 9. The minimum Gasteiger partial charge on any atom is -0.497 e. The number of carbonyl (C=O) groups is 4. The number of anilines is 2. The van der Waals surface area contributed by atoms with Crippen LogP contribution in [0.2, 0.25) is 0 Å². The van der Waals surface area contributed by atoms with Gasteiger partial charge in [0, 0.05) is 22.0 Å². The number of ether oxygens (including phenoxy) is 3. The summed E-state index contributed by atoms with van der Waals surface area (Å²) in [5.41, 5.74) is 1.83. The fourth-order valence-electron chi connectivity index (χ4n) is 5.45. The van der Waals surface area contributed by atoms with E-state index in [0.717, 1.165) is 11.3 Å². The van der Waals surface area contributed by atoms with Crippen LogP contribution in [-0.2, 0) is 19.1 Å². The van der Waals surface area contributed by atoms with E-state index in [4.69, 9.17) is 14.2 Å². The topological polar surface area (TPSA) is 144 Å². The molecule has 3 aromatic carbocycles. The van der Waals surface area contributed by atoms with Crippen LogP contribution in [0.25, 0.3) is 0 Å². The zero-order valence-electron chi connectivity index (χ0n) is 24.1. The standard InChI is InChI=1S/C32H27N3O8S2/c1-3-42-31(39)17-8-10-18(11-9-17)33-23(36)16-43-22-7-5-4-6-21(22)24-25-27(44-28-26(24)45-32(40)34-28)30(38)35(29(25)37)19-12-14-20(41-2)15-13-19/h4-15,24-25,27H,3,16H2,1-2H3,(H,33,36)(H,34,40). The molecule has 0 bridgehead atoms. The summed E-state index contributed by atoms with van der Waals surface area (Å²) in [6.07, 6.45) is 0. The molecule has 13 heteroatoms. The predicted octanol–water partition coefficient (Wildman–Crippen LogP) is 4.44. The SMILES string of the molecule is CCOC(=O)c1ccc(NC(=O)COc2ccccc2C2c3sc(=O)[nH]c3SC3C(=O)N(c4ccc(OC)cc4)C(=O)C32)cc1. The van der Waals surface area contributed by atoms with Crippen molar-refractivity contribution in [2.24, 2.45) is 5.92 Å². The average Bonchev–Trinajstić information content (AvgIpc) is 3.54. The summed E-state index contributed by atoms with van der Waals surface area (Å²) in [4.78, 5) is 69.3. The molecular formula is C32H27N3O8S2. The van der Waals surface area contributed by atoms with Gasteiger partial charge in [0.25, 0.3) is 5.91 Å². The number of nitrogens with zero attached hydrogens (tertiary/aromatic N) is 1. The van der Waals surface area contributed by atoms with E-state index < -0.39 is 34.9 Å². The summed E-state index contributed by atoms with van der Waals surface area (Å²) >= 11 is 2.17. The Hall–Kier alpha value is -4.88. The Morgan fingerprint density at radius 3 is 2.40 bits per heavy atom. The lowest BCUT2D eigenvalue weighted by molar-refractivity contribution is -0.122. The van der Waals surface area contributed by atoms with Crippen LogP contribution in [0.1, 0.15) is 33.6 Å². The first-order valence-corrected chi connectivity index (χ1v) is 15.7. The average molecular weight is 646 g/mol. The lowest BCUT2D eigenvalue weighted by Gasteiger charge is -2.30. The number of fused-ring (bicyclic) bond motifs is 2. The molecule has 6 rings (SSSR count). The summed E-state index contributed by atoms with van der Waals surface area (Å²) in [5.74, 6) is -2.24. The number of aromatic amines is 1. The number of imide groups is 1. The van der Waals surface area contributed by atoms with Gasteiger partial charge in [-0.3, -0.25) is 19.2 Å². The Balaban J connectivity index is 1.26. The fourth-order valence-corrected chi connectivity index (χ4v) is 7.96. The van der Waals surface area contributed by atoms with Crippen molar-refractivity contribution >= 4 is 58.2 Å². The molecule has 0 radical (unpaired) electrons. The number of H-pyrrole nitrogens is 1. The first kappa shape index (κ1) is 30.2. The van der Waals surface area contributed by atoms with Crippen LogP contribution in [0.15, 0.2) is 82.6 Å². The van der Waals surface area contributed by atoms with Gasteiger partial charge in [-0.15, -0.1) is 0 Å². The van der Waals surface area contributed by atoms with E-state index in [9.17, 15) is 24.0 Å². The molecule has 4 aromatic rings. The van der Waals surface area contributed by atoms with E-state index in [2.05, 4.69) is 10.3 Å². The molecular weight excluding hydrogens is 618 g/mol. The Bertz CT molecular complexity index is 1830. The summed E-state index contributed by atoms with van der Waals surface area (Å²) in [6.45, 7) is 1.62. The molecule has 230 valence electrons. The predicted molar refractivity (Wildman–Crippen MR) is 168 cm³/mol. The van der Waals surface area contributed by atoms with Crippen molar-refractivity contribution in [3.05, 3.63) is 98.5 Å². The minimum atomic E-state index is -0.819. The van der Waals surface area contributed by atoms with Gasteiger partial charge in [0.2, 0.25) is 11.8 Å². The second kappa shape index (κ2) is 12.6. The van der Waals surface area contributed by atoms with Gasteiger partial charge in [0.15, 0.2) is 6.61 Å². The maximum atomic E-state index is 14.0. The van der Waals surface area contributed by atoms with Gasteiger partial charge in [-0.1, -0.05) is 41.3 Å². The third-order valence-corrected chi connectivity index (χ3v) is 9.85. The van der Waals surface area contributed by atoms with Crippen LogP contribution >= 0.6 is 23.1 Å². The number of methoxy groups -OCH3 is 1. The van der Waals surface area contributed by atoms with E-state index in [1.165, 1.54) is 23.8 Å². The molecule has 2 N–H and O–H groups in total. The molecule has 0 spiro atoms. The van der Waals surface area contributed by atoms with E-state index >= 15 is 0 Å². The minimum absolute atomic E-state index is 0.257. The summed E-state index contributed by atoms with van der Waals surface area (Å²) in [6, 6.07) is 19.9. The molecule has 3 amide bonds. The molecule has 3 heterocycles. The fraction of sp³-hybridized carbons (Fsp3) is 0.219. The van der Waals surface area contributed by atoms with Crippen molar-refractivity contribution < 1.29 is 33.4 Å². The summed E-state index contributed by atoms with van der Waals surface area (Å²) < 4.78 is 16.2. The number of nitrogens with one attached hydrogen (secondary N) is 2. The Labute approximate surface area is 265 Å². The van der Waals surface area contributed by atoms with Crippen molar-refractivity contribution in [3.63, 3.8) is 0 Å². The number of aromatic nitrogens is 1. The largest absolute Gasteiger partial charge is 0.497 e. The number of hydrogen-bond donors (Lipinski definition) is 2. The zero-order chi connectivity index (χ0) is 31.7. The Morgan fingerprint density at radius 2 is 1.69 bits per heavy atom. The Morgan fingerprint density at radius 1 is 0.956 bits per heavy atom. The Kier molecular flexibility index (Phi) is 8.46. The smallest absolute Gasteiger partial charge is 0.338 e. The van der Waals surface area contributed by atoms with E-state index in [-0.39, 0.29) is 24.0 Å². The monoisotopic (exact) mass is 645 g/mol. The molecule has 1 aromatic heterocycles. The quantitative estimate of drug-likeness (QED) is 0.200. The number of amides is 3. The van der Waals surface area contributed by atoms with Crippen LogP contribution in [0, 0.1) is 5.92 Å². The highest BCUT2D eigenvalue weighted by Gasteiger charge is 2.56. The molecule has 3 atom stereocenters. The van der Waals surface area contributed by atoms with Gasteiger partial charge in [0.1, 0.15) is 16.7 Å². The summed E-state index contributed by atoms with van der Waals surface area (Å²) in [5, 5.41) is 2.49. The molecule has 0 aliphatic carbocycles. The van der Waals surface area contributed by atoms with Crippen LogP contribution in [0.4, 0.5) is 11.4 Å². The van der Waals surface area contributed by atoms with Crippen LogP contribution in [0.3, 0.4) is 0 Å². The van der Waals surface area contributed by atoms with Crippen molar-refractivity contribution in [1.29, 1.82) is 0 Å². The van der Waals surface area contributed by atoms with Crippen LogP contribution in [-0.4, -0.2) is 54.2 Å². The molecule has 1 saturated heterocycles. The third-order valence-electron chi connectivity index (χ3n) is 7.45. The molecule has 3 unspecified atom stereocenters. The van der Waals surface area contributed by atoms with Crippen molar-refractivity contribution in [1.82, 2.24) is 4.98 Å². The van der Waals surface area contributed by atoms with Gasteiger partial charge in [-0.2, -0.15) is 0 Å². The second-order valence-electron chi connectivity index (χ2n) is 10.1. The molecule has 11 nitrogen and oxygen atoms in total. The lowest BCUT2D eigenvalue weighted by atomic mass is 9.82. The van der Waals surface area contributed by atoms with Gasteiger partial charge in [-0.05, 0) is 61.5 Å². The van der Waals surface area contributed by atoms with Crippen molar-refractivity contribution in [3.8, 4) is 11.5 Å². The zero-order valence-corrected chi connectivity index (χ0v) is 25.7. The molecule has 2 aliphatic heterocycles. The maximum absolute atomic E-state index is 14.0. The summed E-state index contributed by atoms with van der Waals surface area (Å²) in [7, 11) is 1.53. The number of benzene rings is 3. The third kappa shape index (κ3) is 5.83. The van der Waals surface area contributed by atoms with Crippen molar-refractivity contribution in [2.45, 2.75) is 23.1 Å². The maximum Gasteiger partial charge on any atom is 0.338 e. The van der Waals surface area contributed by atoms with Gasteiger partial charge < -0.3 is 24.5 Å². The number of hydrogen-bond acceptors (Lipinski definition) is 10. The number of carbonyl (C=O) groups excluding carboxylic acids is 4. The van der Waals surface area contributed by atoms with Gasteiger partial charge in [0.05, 0.1) is 35.9 Å². The number of para-hydroxylation sites is 1. The lowest BCUT2D eigenvalue weighted by Crippen LogP contribution is -2.32. The molecule has 2 aliphatic rings. The van der Waals surface area contributed by atoms with Gasteiger partial charge >= 0.3 is 10.8 Å². The number of esters is 1. The first-order chi connectivity index (χ1) is 21.8. The van der Waals surface area contributed by atoms with Crippen LogP contribution in [0.5, 0.6) is 11.5 Å². The first-order valence-electron chi connectivity index (χ1n) is 14.0. The highest BCUT2D eigenvalue weighted by Crippen LogP contribution is 2.54. The highest BCUT2D eigenvalue weighted by molar-refractivity contribution is 8.00. The molecule has 0 saturated carbocycles. The highest BCUT2D eigenvalue weighted by atomic mass is 32.2. The van der Waals surface area contributed by atoms with Crippen molar-refractivity contribution in [2.75, 3.05) is 30.5 Å². The van der Waals surface area contributed by atoms with Crippen LogP contribution < -0.4 is 24.6 Å². The van der Waals surface area contributed by atoms with E-state index in [1.807, 2.05) is 0 Å². The normalized spacial score (nSPS) is 18.6. The number of thiazole rings is 1. The molecule has 1 fully saturated rings. The van der Waals surface area contributed by atoms with E-state index in [0.29, 0.717) is 43.9 Å². The molecule has 45 heavy (non-hydrogen) atoms. The van der Waals surface area contributed by atoms with E-state index in [1.54, 1.807) is 79.7 Å². The number of thioether (sulfide) groups is 1. The van der Waals surface area contributed by atoms with Gasteiger partial charge in [-0.25, -0.2) is 9.69 Å². The second-order valence-corrected chi connectivity index (χ2v) is 12.3.